The van der Waals surface area contributed by atoms with E-state index in [1.165, 1.54) is 18.4 Å². The van der Waals surface area contributed by atoms with Crippen LogP contribution in [0.25, 0.3) is 0 Å². The number of furan rings is 1. The van der Waals surface area contributed by atoms with Crippen molar-refractivity contribution in [2.24, 2.45) is 0 Å². The summed E-state index contributed by atoms with van der Waals surface area (Å²) in [5.74, 6) is 0.575. The average molecular weight is 316 g/mol. The number of halogens is 1. The van der Waals surface area contributed by atoms with Crippen LogP contribution in [0.2, 0.25) is 0 Å². The number of benzene rings is 1. The summed E-state index contributed by atoms with van der Waals surface area (Å²) in [4.78, 5) is 0.229. The highest BCUT2D eigenvalue weighted by atomic mass is 79.9. The molecule has 0 radical (unpaired) electrons. The Bertz CT molecular complexity index is 576. The van der Waals surface area contributed by atoms with Gasteiger partial charge in [0.15, 0.2) is 0 Å². The molecule has 1 aromatic carbocycles. The summed E-state index contributed by atoms with van der Waals surface area (Å²) in [6, 6.07) is 9.86. The van der Waals surface area contributed by atoms with Gasteiger partial charge >= 0.3 is 0 Å². The van der Waals surface area contributed by atoms with Crippen molar-refractivity contribution < 1.29 is 12.8 Å². The van der Waals surface area contributed by atoms with Gasteiger partial charge in [-0.15, -0.1) is 0 Å². The van der Waals surface area contributed by atoms with Gasteiger partial charge in [0.05, 0.1) is 17.7 Å². The largest absolute Gasteiger partial charge is 0.468 e. The standard InChI is InChI=1S/C11H10BrNO3S/c12-9-3-5-11(6-4-9)17(14,15)13-8-10-2-1-7-16-10/h1-7,13H,8H2. The fraction of sp³-hybridized carbons (Fsp3) is 0.0909. The van der Waals surface area contributed by atoms with E-state index in [4.69, 9.17) is 4.42 Å². The summed E-state index contributed by atoms with van der Waals surface area (Å²) in [7, 11) is -3.48. The SMILES string of the molecule is O=S(=O)(NCc1ccco1)c1ccc(Br)cc1. The fourth-order valence-corrected chi connectivity index (χ4v) is 2.53. The molecule has 0 spiro atoms. The minimum atomic E-state index is -3.48. The van der Waals surface area contributed by atoms with E-state index in [9.17, 15) is 8.42 Å². The molecule has 0 saturated heterocycles. The van der Waals surface area contributed by atoms with E-state index in [-0.39, 0.29) is 11.4 Å². The zero-order chi connectivity index (χ0) is 12.3. The van der Waals surface area contributed by atoms with E-state index < -0.39 is 10.0 Å². The second kappa shape index (κ2) is 5.03. The van der Waals surface area contributed by atoms with E-state index >= 15 is 0 Å². The molecule has 2 aromatic rings. The number of sulfonamides is 1. The maximum Gasteiger partial charge on any atom is 0.240 e. The first-order valence-electron chi connectivity index (χ1n) is 4.85. The van der Waals surface area contributed by atoms with Crippen molar-refractivity contribution >= 4 is 26.0 Å². The number of nitrogens with one attached hydrogen (secondary N) is 1. The third kappa shape index (κ3) is 3.18. The Morgan fingerprint density at radius 1 is 1.18 bits per heavy atom. The van der Waals surface area contributed by atoms with Crippen molar-refractivity contribution in [2.45, 2.75) is 11.4 Å². The number of rotatable bonds is 4. The molecule has 6 heteroatoms. The molecule has 1 N–H and O–H groups in total. The van der Waals surface area contributed by atoms with Crippen LogP contribution < -0.4 is 4.72 Å². The van der Waals surface area contributed by atoms with Crippen LogP contribution in [0.3, 0.4) is 0 Å². The summed E-state index contributed by atoms with van der Waals surface area (Å²) in [6.45, 7) is 0.144. The summed E-state index contributed by atoms with van der Waals surface area (Å²) >= 11 is 3.25. The van der Waals surface area contributed by atoms with Crippen LogP contribution in [0.15, 0.2) is 56.4 Å². The highest BCUT2D eigenvalue weighted by Crippen LogP contribution is 2.14. The first kappa shape index (κ1) is 12.3. The van der Waals surface area contributed by atoms with Gasteiger partial charge in [-0.1, -0.05) is 15.9 Å². The van der Waals surface area contributed by atoms with Crippen LogP contribution in [0.4, 0.5) is 0 Å². The minimum absolute atomic E-state index is 0.144. The molecule has 0 bridgehead atoms. The fourth-order valence-electron chi connectivity index (χ4n) is 1.28. The summed E-state index contributed by atoms with van der Waals surface area (Å²) in [6.07, 6.45) is 1.50. The molecule has 4 nitrogen and oxygen atoms in total. The smallest absolute Gasteiger partial charge is 0.240 e. The van der Waals surface area contributed by atoms with Crippen molar-refractivity contribution in [3.05, 3.63) is 52.9 Å². The zero-order valence-corrected chi connectivity index (χ0v) is 11.2. The molecular formula is C11H10BrNO3S. The lowest BCUT2D eigenvalue weighted by atomic mass is 10.4. The lowest BCUT2D eigenvalue weighted by Gasteiger charge is -2.05. The molecule has 0 aliphatic carbocycles. The predicted octanol–water partition coefficient (Wildman–Crippen LogP) is 2.52. The van der Waals surface area contributed by atoms with Gasteiger partial charge < -0.3 is 4.42 Å². The van der Waals surface area contributed by atoms with E-state index in [2.05, 4.69) is 20.7 Å². The van der Waals surface area contributed by atoms with Gasteiger partial charge in [0.2, 0.25) is 10.0 Å². The number of hydrogen-bond donors (Lipinski definition) is 1. The Balaban J connectivity index is 2.11. The third-order valence-corrected chi connectivity index (χ3v) is 4.09. The molecular weight excluding hydrogens is 306 g/mol. The molecule has 0 aliphatic heterocycles. The van der Waals surface area contributed by atoms with Crippen molar-refractivity contribution in [3.8, 4) is 0 Å². The second-order valence-electron chi connectivity index (χ2n) is 3.36. The predicted molar refractivity (Wildman–Crippen MR) is 66.9 cm³/mol. The van der Waals surface area contributed by atoms with E-state index in [0.717, 1.165) is 4.47 Å². The van der Waals surface area contributed by atoms with Crippen molar-refractivity contribution in [1.82, 2.24) is 4.72 Å². The summed E-state index contributed by atoms with van der Waals surface area (Å²) < 4.78 is 32.1. The van der Waals surface area contributed by atoms with Crippen LogP contribution in [0.1, 0.15) is 5.76 Å². The Morgan fingerprint density at radius 3 is 2.47 bits per heavy atom. The van der Waals surface area contributed by atoms with Crippen molar-refractivity contribution in [3.63, 3.8) is 0 Å². The molecule has 90 valence electrons. The Labute approximate surface area is 108 Å². The van der Waals surface area contributed by atoms with Crippen LogP contribution >= 0.6 is 15.9 Å². The first-order valence-corrected chi connectivity index (χ1v) is 7.13. The second-order valence-corrected chi connectivity index (χ2v) is 6.04. The van der Waals surface area contributed by atoms with E-state index in [0.29, 0.717) is 5.76 Å². The summed E-state index contributed by atoms with van der Waals surface area (Å²) in [5.41, 5.74) is 0. The van der Waals surface area contributed by atoms with E-state index in [1.807, 2.05) is 0 Å². The maximum absolute atomic E-state index is 11.9. The molecule has 0 atom stereocenters. The van der Waals surface area contributed by atoms with Crippen LogP contribution in [0, 0.1) is 0 Å². The lowest BCUT2D eigenvalue weighted by Crippen LogP contribution is -2.22. The van der Waals surface area contributed by atoms with Crippen LogP contribution in [-0.4, -0.2) is 8.42 Å². The highest BCUT2D eigenvalue weighted by molar-refractivity contribution is 9.10. The van der Waals surface area contributed by atoms with Gasteiger partial charge in [-0.3, -0.25) is 0 Å². The molecule has 0 fully saturated rings. The molecule has 1 heterocycles. The van der Waals surface area contributed by atoms with Crippen molar-refractivity contribution in [1.29, 1.82) is 0 Å². The topological polar surface area (TPSA) is 59.3 Å². The van der Waals surface area contributed by atoms with Crippen LogP contribution in [-0.2, 0) is 16.6 Å². The quantitative estimate of drug-likeness (QED) is 0.943. The molecule has 0 aliphatic rings. The van der Waals surface area contributed by atoms with Gasteiger partial charge in [0.25, 0.3) is 0 Å². The molecule has 2 rings (SSSR count). The van der Waals surface area contributed by atoms with Crippen LogP contribution in [0.5, 0.6) is 0 Å². The third-order valence-electron chi connectivity index (χ3n) is 2.14. The Morgan fingerprint density at radius 2 is 1.88 bits per heavy atom. The minimum Gasteiger partial charge on any atom is -0.468 e. The Kier molecular flexibility index (Phi) is 3.66. The van der Waals surface area contributed by atoms with Gasteiger partial charge in [0, 0.05) is 4.47 Å². The van der Waals surface area contributed by atoms with Crippen molar-refractivity contribution in [2.75, 3.05) is 0 Å². The van der Waals surface area contributed by atoms with Gasteiger partial charge in [0.1, 0.15) is 5.76 Å². The normalized spacial score (nSPS) is 11.6. The number of hydrogen-bond acceptors (Lipinski definition) is 3. The molecule has 1 aromatic heterocycles. The zero-order valence-electron chi connectivity index (χ0n) is 8.76. The maximum atomic E-state index is 11.9. The lowest BCUT2D eigenvalue weighted by molar-refractivity contribution is 0.498. The molecule has 0 unspecified atom stereocenters. The van der Waals surface area contributed by atoms with Gasteiger partial charge in [-0.05, 0) is 36.4 Å². The molecule has 17 heavy (non-hydrogen) atoms. The Hall–Kier alpha value is -1.11. The first-order chi connectivity index (χ1) is 8.08. The average Bonchev–Trinajstić information content (AvgIpc) is 2.80. The van der Waals surface area contributed by atoms with Gasteiger partial charge in [-0.2, -0.15) is 0 Å². The highest BCUT2D eigenvalue weighted by Gasteiger charge is 2.13. The summed E-state index contributed by atoms with van der Waals surface area (Å²) in [5, 5.41) is 0. The van der Waals surface area contributed by atoms with E-state index in [1.54, 1.807) is 24.3 Å². The van der Waals surface area contributed by atoms with Gasteiger partial charge in [-0.25, -0.2) is 13.1 Å². The monoisotopic (exact) mass is 315 g/mol. The molecule has 0 saturated carbocycles. The molecule has 0 amide bonds.